The molecule has 0 spiro atoms. The van der Waals surface area contributed by atoms with Gasteiger partial charge in [-0.05, 0) is 34.8 Å². The molecule has 1 fully saturated rings. The Bertz CT molecular complexity index is 416. The van der Waals surface area contributed by atoms with Gasteiger partial charge in [0.05, 0.1) is 16.6 Å². The number of nitrogens with two attached hydrogens (primary N) is 1. The minimum absolute atomic E-state index is 0.143. The summed E-state index contributed by atoms with van der Waals surface area (Å²) in [6.07, 6.45) is 1.96. The number of benzene rings is 1. The predicted molar refractivity (Wildman–Crippen MR) is 72.3 cm³/mol. The summed E-state index contributed by atoms with van der Waals surface area (Å²) in [6.45, 7) is 2.80. The number of hydrogen-bond donors (Lipinski definition) is 2. The van der Waals surface area contributed by atoms with Gasteiger partial charge in [-0.1, -0.05) is 19.1 Å². The van der Waals surface area contributed by atoms with E-state index < -0.39 is 0 Å². The molecule has 1 aliphatic heterocycles. The quantitative estimate of drug-likeness (QED) is 0.663. The van der Waals surface area contributed by atoms with Crippen molar-refractivity contribution in [3.8, 4) is 0 Å². The maximum atomic E-state index is 14.1. The summed E-state index contributed by atoms with van der Waals surface area (Å²) in [5.74, 6) is 5.60. The molecule has 1 aromatic carbocycles. The molecule has 1 saturated heterocycles. The molecule has 1 heterocycles. The fourth-order valence-corrected chi connectivity index (χ4v) is 3.05. The van der Waals surface area contributed by atoms with Gasteiger partial charge in [-0.25, -0.2) is 4.39 Å². The highest BCUT2D eigenvalue weighted by atomic mass is 79.9. The van der Waals surface area contributed by atoms with Crippen LogP contribution in [0.25, 0.3) is 0 Å². The van der Waals surface area contributed by atoms with Gasteiger partial charge in [0, 0.05) is 18.1 Å². The number of rotatable bonds is 4. The zero-order valence-electron chi connectivity index (χ0n) is 10.3. The Labute approximate surface area is 115 Å². The first kappa shape index (κ1) is 13.9. The molecule has 5 heteroatoms. The molecule has 1 aliphatic rings. The predicted octanol–water partition coefficient (Wildman–Crippen LogP) is 2.91. The van der Waals surface area contributed by atoms with Crippen molar-refractivity contribution in [2.45, 2.75) is 31.9 Å². The van der Waals surface area contributed by atoms with Gasteiger partial charge in [-0.3, -0.25) is 11.3 Å². The highest BCUT2D eigenvalue weighted by molar-refractivity contribution is 9.10. The molecule has 3 unspecified atom stereocenters. The van der Waals surface area contributed by atoms with E-state index in [4.69, 9.17) is 10.6 Å². The molecular formula is C13H18BrFN2O. The summed E-state index contributed by atoms with van der Waals surface area (Å²) < 4.78 is 20.3. The van der Waals surface area contributed by atoms with Gasteiger partial charge in [-0.15, -0.1) is 0 Å². The minimum Gasteiger partial charge on any atom is -0.378 e. The average molecular weight is 317 g/mol. The lowest BCUT2D eigenvalue weighted by atomic mass is 9.87. The van der Waals surface area contributed by atoms with Crippen LogP contribution in [0.3, 0.4) is 0 Å². The Kier molecular flexibility index (Phi) is 4.72. The van der Waals surface area contributed by atoms with Crippen molar-refractivity contribution < 1.29 is 9.13 Å². The van der Waals surface area contributed by atoms with Crippen molar-refractivity contribution in [3.05, 3.63) is 34.1 Å². The molecule has 100 valence electrons. The summed E-state index contributed by atoms with van der Waals surface area (Å²) in [4.78, 5) is 0. The molecule has 0 aliphatic carbocycles. The molecular weight excluding hydrogens is 299 g/mol. The first-order chi connectivity index (χ1) is 8.69. The lowest BCUT2D eigenvalue weighted by Gasteiger charge is -2.27. The second-order valence-corrected chi connectivity index (χ2v) is 5.41. The maximum absolute atomic E-state index is 14.1. The van der Waals surface area contributed by atoms with Crippen LogP contribution in [0.15, 0.2) is 22.7 Å². The van der Waals surface area contributed by atoms with Crippen LogP contribution in [0.4, 0.5) is 4.39 Å². The number of hydrazine groups is 1. The molecule has 1 aromatic rings. The summed E-state index contributed by atoms with van der Waals surface area (Å²) in [6, 6.07) is 5.07. The summed E-state index contributed by atoms with van der Waals surface area (Å²) >= 11 is 3.21. The van der Waals surface area contributed by atoms with E-state index in [9.17, 15) is 4.39 Å². The zero-order valence-corrected chi connectivity index (χ0v) is 11.9. The highest BCUT2D eigenvalue weighted by Crippen LogP contribution is 2.36. The van der Waals surface area contributed by atoms with Crippen LogP contribution in [-0.2, 0) is 4.74 Å². The fourth-order valence-electron chi connectivity index (χ4n) is 2.67. The van der Waals surface area contributed by atoms with Gasteiger partial charge >= 0.3 is 0 Å². The molecule has 3 N–H and O–H groups in total. The molecule has 2 rings (SSSR count). The van der Waals surface area contributed by atoms with E-state index in [-0.39, 0.29) is 23.9 Å². The van der Waals surface area contributed by atoms with E-state index in [1.807, 2.05) is 6.07 Å². The van der Waals surface area contributed by atoms with Crippen molar-refractivity contribution in [1.82, 2.24) is 5.43 Å². The molecule has 0 saturated carbocycles. The largest absolute Gasteiger partial charge is 0.378 e. The van der Waals surface area contributed by atoms with Gasteiger partial charge in [0.2, 0.25) is 0 Å². The Hall–Kier alpha value is -0.490. The van der Waals surface area contributed by atoms with E-state index in [0.29, 0.717) is 10.0 Å². The lowest BCUT2D eigenvalue weighted by Crippen LogP contribution is -2.37. The minimum atomic E-state index is -0.248. The normalized spacial score (nSPS) is 25.3. The topological polar surface area (TPSA) is 47.3 Å². The SMILES string of the molecule is CCC1OCCC1C(NN)c1cccc(Br)c1F. The third kappa shape index (κ3) is 2.59. The first-order valence-corrected chi connectivity index (χ1v) is 7.00. The monoisotopic (exact) mass is 316 g/mol. The smallest absolute Gasteiger partial charge is 0.142 e. The van der Waals surface area contributed by atoms with E-state index in [1.54, 1.807) is 12.1 Å². The zero-order chi connectivity index (χ0) is 13.1. The number of halogens is 2. The van der Waals surface area contributed by atoms with Crippen LogP contribution in [-0.4, -0.2) is 12.7 Å². The molecule has 0 aromatic heterocycles. The van der Waals surface area contributed by atoms with Crippen LogP contribution >= 0.6 is 15.9 Å². The summed E-state index contributed by atoms with van der Waals surface area (Å²) in [5, 5.41) is 0. The molecule has 3 nitrogen and oxygen atoms in total. The van der Waals surface area contributed by atoms with Crippen LogP contribution in [0.1, 0.15) is 31.4 Å². The third-order valence-electron chi connectivity index (χ3n) is 3.59. The second kappa shape index (κ2) is 6.10. The van der Waals surface area contributed by atoms with E-state index in [1.165, 1.54) is 0 Å². The van der Waals surface area contributed by atoms with Crippen LogP contribution in [0.2, 0.25) is 0 Å². The van der Waals surface area contributed by atoms with E-state index >= 15 is 0 Å². The Balaban J connectivity index is 2.30. The van der Waals surface area contributed by atoms with Gasteiger partial charge < -0.3 is 4.74 Å². The van der Waals surface area contributed by atoms with Crippen LogP contribution in [0, 0.1) is 11.7 Å². The molecule has 18 heavy (non-hydrogen) atoms. The maximum Gasteiger partial charge on any atom is 0.142 e. The number of ether oxygens (including phenoxy) is 1. The number of hydrogen-bond acceptors (Lipinski definition) is 3. The third-order valence-corrected chi connectivity index (χ3v) is 4.20. The standard InChI is InChI=1S/C13H18BrFN2O/c1-2-11-8(6-7-18-11)13(17-16)9-4-3-5-10(14)12(9)15/h3-5,8,11,13,17H,2,6-7,16H2,1H3. The lowest BCUT2D eigenvalue weighted by molar-refractivity contribution is 0.0770. The molecule has 0 radical (unpaired) electrons. The number of nitrogens with one attached hydrogen (secondary N) is 1. The van der Waals surface area contributed by atoms with Crippen molar-refractivity contribution in [2.24, 2.45) is 11.8 Å². The average Bonchev–Trinajstić information content (AvgIpc) is 2.83. The summed E-state index contributed by atoms with van der Waals surface area (Å²) in [5.41, 5.74) is 3.35. The highest BCUT2D eigenvalue weighted by Gasteiger charge is 2.35. The molecule has 0 amide bonds. The second-order valence-electron chi connectivity index (χ2n) is 4.56. The van der Waals surface area contributed by atoms with Gasteiger partial charge in [0.25, 0.3) is 0 Å². The van der Waals surface area contributed by atoms with Gasteiger partial charge in [-0.2, -0.15) is 0 Å². The van der Waals surface area contributed by atoms with Crippen molar-refractivity contribution in [2.75, 3.05) is 6.61 Å². The molecule has 3 atom stereocenters. The Morgan fingerprint density at radius 3 is 3.06 bits per heavy atom. The fraction of sp³-hybridized carbons (Fsp3) is 0.538. The summed E-state index contributed by atoms with van der Waals surface area (Å²) in [7, 11) is 0. The Morgan fingerprint density at radius 2 is 2.39 bits per heavy atom. The Morgan fingerprint density at radius 1 is 1.61 bits per heavy atom. The van der Waals surface area contributed by atoms with Crippen LogP contribution in [0.5, 0.6) is 0 Å². The molecule has 0 bridgehead atoms. The van der Waals surface area contributed by atoms with E-state index in [0.717, 1.165) is 19.4 Å². The van der Waals surface area contributed by atoms with E-state index in [2.05, 4.69) is 28.3 Å². The van der Waals surface area contributed by atoms with Crippen LogP contribution < -0.4 is 11.3 Å². The van der Waals surface area contributed by atoms with Gasteiger partial charge in [0.1, 0.15) is 5.82 Å². The first-order valence-electron chi connectivity index (χ1n) is 6.20. The van der Waals surface area contributed by atoms with Gasteiger partial charge in [0.15, 0.2) is 0 Å². The van der Waals surface area contributed by atoms with Crippen molar-refractivity contribution in [1.29, 1.82) is 0 Å². The van der Waals surface area contributed by atoms with Crippen molar-refractivity contribution >= 4 is 15.9 Å². The van der Waals surface area contributed by atoms with Crippen molar-refractivity contribution in [3.63, 3.8) is 0 Å².